The van der Waals surface area contributed by atoms with Crippen LogP contribution < -0.4 is 16.6 Å². The first kappa shape index (κ1) is 16.5. The van der Waals surface area contributed by atoms with Gasteiger partial charge in [0.15, 0.2) is 0 Å². The van der Waals surface area contributed by atoms with E-state index in [1.165, 1.54) is 12.3 Å². The van der Waals surface area contributed by atoms with E-state index in [0.717, 1.165) is 21.3 Å². The maximum Gasteiger partial charge on any atom is 0.328 e. The van der Waals surface area contributed by atoms with Crippen molar-refractivity contribution in [1.29, 1.82) is 0 Å². The highest BCUT2D eigenvalue weighted by Crippen LogP contribution is 2.24. The van der Waals surface area contributed by atoms with Crippen LogP contribution in [0, 0.1) is 0 Å². The van der Waals surface area contributed by atoms with Crippen molar-refractivity contribution in [1.82, 2.24) is 19.1 Å². The van der Waals surface area contributed by atoms with Gasteiger partial charge < -0.3 is 0 Å². The highest BCUT2D eigenvalue weighted by Gasteiger charge is 2.15. The molecule has 0 saturated heterocycles. The first-order chi connectivity index (χ1) is 13.1. The van der Waals surface area contributed by atoms with Crippen molar-refractivity contribution >= 4 is 22.9 Å². The summed E-state index contributed by atoms with van der Waals surface area (Å²) in [6.45, 7) is -0.242. The van der Waals surface area contributed by atoms with Crippen LogP contribution in [-0.2, 0) is 11.3 Å². The summed E-state index contributed by atoms with van der Waals surface area (Å²) in [6, 6.07) is 18.3. The number of carbonyl (C=O) groups excluding carboxylic acids is 1. The minimum absolute atomic E-state index is 0.242. The molecule has 8 nitrogen and oxygen atoms in total. The number of benzene rings is 2. The van der Waals surface area contributed by atoms with Gasteiger partial charge in [0, 0.05) is 18.0 Å². The second-order valence-electron chi connectivity index (χ2n) is 5.88. The zero-order valence-electron chi connectivity index (χ0n) is 14.1. The number of rotatable bonds is 4. The summed E-state index contributed by atoms with van der Waals surface area (Å²) in [4.78, 5) is 42.0. The van der Waals surface area contributed by atoms with Crippen LogP contribution in [0.5, 0.6) is 0 Å². The molecule has 2 N–H and O–H groups in total. The number of hydrogen-bond donors (Lipinski definition) is 2. The maximum atomic E-state index is 12.5. The van der Waals surface area contributed by atoms with Crippen molar-refractivity contribution < 1.29 is 4.79 Å². The van der Waals surface area contributed by atoms with E-state index in [0.29, 0.717) is 5.95 Å². The lowest BCUT2D eigenvalue weighted by molar-refractivity contribution is -0.116. The lowest BCUT2D eigenvalue weighted by Gasteiger charge is -2.10. The van der Waals surface area contributed by atoms with Crippen LogP contribution in [0.15, 0.2) is 76.4 Å². The number of nitrogens with zero attached hydrogens (tertiary/aromatic N) is 3. The Morgan fingerprint density at radius 3 is 2.52 bits per heavy atom. The van der Waals surface area contributed by atoms with Crippen molar-refractivity contribution in [2.24, 2.45) is 0 Å². The van der Waals surface area contributed by atoms with Gasteiger partial charge in [-0.1, -0.05) is 30.3 Å². The van der Waals surface area contributed by atoms with Crippen molar-refractivity contribution in [2.75, 3.05) is 5.32 Å². The SMILES string of the molecule is O=C(Cn1ccc(=O)[nH]c1=O)Nc1nc2ccccc2n1-c1ccccc1. The van der Waals surface area contributed by atoms with Gasteiger partial charge in [0.1, 0.15) is 6.54 Å². The Labute approximate surface area is 152 Å². The number of nitrogens with one attached hydrogen (secondary N) is 2. The molecule has 2 aromatic carbocycles. The first-order valence-corrected chi connectivity index (χ1v) is 8.24. The van der Waals surface area contributed by atoms with E-state index in [2.05, 4.69) is 15.3 Å². The van der Waals surface area contributed by atoms with Crippen molar-refractivity contribution in [3.8, 4) is 5.69 Å². The first-order valence-electron chi connectivity index (χ1n) is 8.24. The molecule has 0 atom stereocenters. The summed E-state index contributed by atoms with van der Waals surface area (Å²) in [6.07, 6.45) is 1.28. The molecule has 2 heterocycles. The number of H-pyrrole nitrogens is 1. The molecule has 0 bridgehead atoms. The lowest BCUT2D eigenvalue weighted by Crippen LogP contribution is -2.33. The van der Waals surface area contributed by atoms with Crippen molar-refractivity contribution in [3.63, 3.8) is 0 Å². The van der Waals surface area contributed by atoms with E-state index in [4.69, 9.17) is 0 Å². The normalized spacial score (nSPS) is 10.8. The number of amides is 1. The number of aromatic nitrogens is 4. The predicted octanol–water partition coefficient (Wildman–Crippen LogP) is 1.51. The Kier molecular flexibility index (Phi) is 4.13. The highest BCUT2D eigenvalue weighted by atomic mass is 16.2. The summed E-state index contributed by atoms with van der Waals surface area (Å²) in [7, 11) is 0. The Balaban J connectivity index is 1.70. The fourth-order valence-electron chi connectivity index (χ4n) is 2.84. The van der Waals surface area contributed by atoms with Crippen LogP contribution in [0.2, 0.25) is 0 Å². The quantitative estimate of drug-likeness (QED) is 0.575. The molecular weight excluding hydrogens is 346 g/mol. The average molecular weight is 361 g/mol. The molecule has 0 radical (unpaired) electrons. The number of fused-ring (bicyclic) bond motifs is 1. The maximum absolute atomic E-state index is 12.5. The molecule has 27 heavy (non-hydrogen) atoms. The van der Waals surface area contributed by atoms with Crippen molar-refractivity contribution in [2.45, 2.75) is 6.54 Å². The number of para-hydroxylation sites is 3. The molecule has 0 fully saturated rings. The van der Waals surface area contributed by atoms with Gasteiger partial charge in [0.05, 0.1) is 11.0 Å². The molecule has 0 aliphatic rings. The third kappa shape index (κ3) is 3.28. The van der Waals surface area contributed by atoms with E-state index < -0.39 is 17.2 Å². The van der Waals surface area contributed by atoms with Gasteiger partial charge in [-0.3, -0.25) is 29.0 Å². The topological polar surface area (TPSA) is 102 Å². The molecule has 2 aromatic heterocycles. The summed E-state index contributed by atoms with van der Waals surface area (Å²) in [5, 5.41) is 2.75. The number of carbonyl (C=O) groups is 1. The highest BCUT2D eigenvalue weighted by molar-refractivity contribution is 5.92. The summed E-state index contributed by atoms with van der Waals surface area (Å²) >= 11 is 0. The lowest BCUT2D eigenvalue weighted by atomic mass is 10.3. The zero-order valence-corrected chi connectivity index (χ0v) is 14.1. The Bertz CT molecular complexity index is 1240. The molecule has 0 unspecified atom stereocenters. The van der Waals surface area contributed by atoms with E-state index in [-0.39, 0.29) is 6.54 Å². The van der Waals surface area contributed by atoms with Crippen LogP contribution in [0.4, 0.5) is 5.95 Å². The van der Waals surface area contributed by atoms with Crippen LogP contribution in [0.25, 0.3) is 16.7 Å². The van der Waals surface area contributed by atoms with Gasteiger partial charge in [0.25, 0.3) is 5.56 Å². The fraction of sp³-hybridized carbons (Fsp3) is 0.0526. The number of hydrogen-bond acceptors (Lipinski definition) is 4. The largest absolute Gasteiger partial charge is 0.328 e. The molecule has 0 aliphatic heterocycles. The molecule has 0 spiro atoms. The van der Waals surface area contributed by atoms with Gasteiger partial charge in [-0.15, -0.1) is 0 Å². The van der Waals surface area contributed by atoms with Crippen LogP contribution >= 0.6 is 0 Å². The second kappa shape index (κ2) is 6.75. The van der Waals surface area contributed by atoms with E-state index in [1.807, 2.05) is 59.2 Å². The Morgan fingerprint density at radius 2 is 1.74 bits per heavy atom. The minimum Gasteiger partial charge on any atom is -0.294 e. The van der Waals surface area contributed by atoms with Gasteiger partial charge >= 0.3 is 5.69 Å². The van der Waals surface area contributed by atoms with Crippen LogP contribution in [0.3, 0.4) is 0 Å². The number of anilines is 1. The number of aromatic amines is 1. The third-order valence-electron chi connectivity index (χ3n) is 4.04. The zero-order chi connectivity index (χ0) is 18.8. The van der Waals surface area contributed by atoms with Gasteiger partial charge in [0.2, 0.25) is 11.9 Å². The smallest absolute Gasteiger partial charge is 0.294 e. The Hall–Kier alpha value is -3.94. The molecule has 1 amide bonds. The average Bonchev–Trinajstić information content (AvgIpc) is 3.02. The summed E-state index contributed by atoms with van der Waals surface area (Å²) in [5.41, 5.74) is 1.28. The fourth-order valence-corrected chi connectivity index (χ4v) is 2.84. The molecule has 134 valence electrons. The summed E-state index contributed by atoms with van der Waals surface area (Å²) in [5.74, 6) is -0.0819. The van der Waals surface area contributed by atoms with E-state index in [1.54, 1.807) is 0 Å². The summed E-state index contributed by atoms with van der Waals surface area (Å²) < 4.78 is 2.95. The molecule has 4 rings (SSSR count). The van der Waals surface area contributed by atoms with Gasteiger partial charge in [-0.05, 0) is 24.3 Å². The molecule has 0 aliphatic carbocycles. The van der Waals surface area contributed by atoms with Crippen molar-refractivity contribution in [3.05, 3.63) is 87.7 Å². The Morgan fingerprint density at radius 1 is 1.00 bits per heavy atom. The monoisotopic (exact) mass is 361 g/mol. The third-order valence-corrected chi connectivity index (χ3v) is 4.04. The number of imidazole rings is 1. The van der Waals surface area contributed by atoms with Gasteiger partial charge in [-0.2, -0.15) is 0 Å². The standard InChI is InChI=1S/C19H15N5O3/c25-16-10-11-23(19(27)22-16)12-17(26)21-18-20-14-8-4-5-9-15(14)24(18)13-6-2-1-3-7-13/h1-11H,12H2,(H,20,21,26)(H,22,25,27). The van der Waals surface area contributed by atoms with Crippen LogP contribution in [-0.4, -0.2) is 25.0 Å². The predicted molar refractivity (Wildman–Crippen MR) is 101 cm³/mol. The molecule has 0 saturated carbocycles. The molecular formula is C19H15N5O3. The van der Waals surface area contributed by atoms with E-state index in [9.17, 15) is 14.4 Å². The molecule has 8 heteroatoms. The minimum atomic E-state index is -0.644. The molecule has 4 aromatic rings. The second-order valence-corrected chi connectivity index (χ2v) is 5.88. The van der Waals surface area contributed by atoms with Crippen LogP contribution in [0.1, 0.15) is 0 Å². The van der Waals surface area contributed by atoms with Gasteiger partial charge in [-0.25, -0.2) is 9.78 Å². The van der Waals surface area contributed by atoms with E-state index >= 15 is 0 Å².